The Morgan fingerprint density at radius 3 is 2.53 bits per heavy atom. The second-order valence-electron chi connectivity index (χ2n) is 3.92. The van der Waals surface area contributed by atoms with E-state index in [1.54, 1.807) is 6.20 Å². The van der Waals surface area contributed by atoms with Gasteiger partial charge in [-0.15, -0.1) is 12.4 Å². The fourth-order valence-corrected chi connectivity index (χ4v) is 1.66. The van der Waals surface area contributed by atoms with E-state index in [-0.39, 0.29) is 24.5 Å². The van der Waals surface area contributed by atoms with Crippen molar-refractivity contribution in [3.05, 3.63) is 35.4 Å². The van der Waals surface area contributed by atoms with E-state index in [9.17, 15) is 13.2 Å². The molecule has 0 unspecified atom stereocenters. The van der Waals surface area contributed by atoms with Crippen LogP contribution in [0.3, 0.4) is 0 Å². The highest BCUT2D eigenvalue weighted by Gasteiger charge is 2.36. The summed E-state index contributed by atoms with van der Waals surface area (Å²) in [7, 11) is 1.45. The van der Waals surface area contributed by atoms with Crippen LogP contribution in [0.2, 0.25) is 0 Å². The summed E-state index contributed by atoms with van der Waals surface area (Å²) in [4.78, 5) is 0. The molecular formula is C10H13ClF3N5. The number of aryl methyl sites for hydroxylation is 1. The lowest BCUT2D eigenvalue weighted by molar-refractivity contribution is -0.142. The zero-order chi connectivity index (χ0) is 13.3. The molecule has 2 rings (SSSR count). The maximum Gasteiger partial charge on any atom is 0.435 e. The van der Waals surface area contributed by atoms with Crippen LogP contribution in [0.5, 0.6) is 0 Å². The van der Waals surface area contributed by atoms with Gasteiger partial charge in [-0.1, -0.05) is 0 Å². The molecular weight excluding hydrogens is 283 g/mol. The zero-order valence-electron chi connectivity index (χ0n) is 10.1. The van der Waals surface area contributed by atoms with E-state index in [0.717, 1.165) is 10.2 Å². The van der Waals surface area contributed by atoms with Crippen LogP contribution in [0.1, 0.15) is 16.8 Å². The minimum atomic E-state index is -4.46. The highest BCUT2D eigenvalue weighted by atomic mass is 35.5. The molecule has 0 aliphatic carbocycles. The van der Waals surface area contributed by atoms with Gasteiger partial charge >= 0.3 is 6.18 Å². The molecule has 0 fully saturated rings. The van der Waals surface area contributed by atoms with E-state index in [4.69, 9.17) is 5.73 Å². The standard InChI is InChI=1S/C10H12F3N5.ClH/c1-17-5-8(9(16-17)10(11,12)13)6-18-4-7(2-14)3-15-18;/h3-5H,2,6,14H2,1H3;1H. The predicted molar refractivity (Wildman–Crippen MR) is 64.7 cm³/mol. The van der Waals surface area contributed by atoms with E-state index in [2.05, 4.69) is 10.2 Å². The molecule has 9 heteroatoms. The van der Waals surface area contributed by atoms with E-state index in [1.807, 2.05) is 0 Å². The number of hydrogen-bond acceptors (Lipinski definition) is 3. The van der Waals surface area contributed by atoms with Crippen LogP contribution in [0.25, 0.3) is 0 Å². The van der Waals surface area contributed by atoms with Gasteiger partial charge in [-0.2, -0.15) is 23.4 Å². The van der Waals surface area contributed by atoms with Gasteiger partial charge in [0.05, 0.1) is 12.7 Å². The summed E-state index contributed by atoms with van der Waals surface area (Å²) in [5, 5.41) is 7.38. The zero-order valence-corrected chi connectivity index (χ0v) is 10.9. The Balaban J connectivity index is 0.00000180. The number of nitrogens with two attached hydrogens (primary N) is 1. The fraction of sp³-hybridized carbons (Fsp3) is 0.400. The van der Waals surface area contributed by atoms with Crippen molar-refractivity contribution in [2.75, 3.05) is 0 Å². The number of aromatic nitrogens is 4. The number of rotatable bonds is 3. The summed E-state index contributed by atoms with van der Waals surface area (Å²) in [6, 6.07) is 0. The van der Waals surface area contributed by atoms with Crippen molar-refractivity contribution in [2.24, 2.45) is 12.8 Å². The number of nitrogens with zero attached hydrogens (tertiary/aromatic N) is 4. The van der Waals surface area contributed by atoms with Crippen molar-refractivity contribution in [3.63, 3.8) is 0 Å². The fourth-order valence-electron chi connectivity index (χ4n) is 1.66. The average Bonchev–Trinajstić information content (AvgIpc) is 2.85. The second kappa shape index (κ2) is 5.62. The van der Waals surface area contributed by atoms with E-state index in [1.165, 1.54) is 24.1 Å². The number of halogens is 4. The monoisotopic (exact) mass is 295 g/mol. The lowest BCUT2D eigenvalue weighted by Crippen LogP contribution is -2.11. The van der Waals surface area contributed by atoms with Gasteiger partial charge in [-0.25, -0.2) is 0 Å². The molecule has 0 aliphatic rings. The van der Waals surface area contributed by atoms with E-state index < -0.39 is 11.9 Å². The summed E-state index contributed by atoms with van der Waals surface area (Å²) in [5.41, 5.74) is 5.38. The van der Waals surface area contributed by atoms with Crippen molar-refractivity contribution < 1.29 is 13.2 Å². The lowest BCUT2D eigenvalue weighted by atomic mass is 10.2. The third-order valence-corrected chi connectivity index (χ3v) is 2.43. The van der Waals surface area contributed by atoms with E-state index >= 15 is 0 Å². The molecule has 106 valence electrons. The van der Waals surface area contributed by atoms with Crippen LogP contribution in [0.4, 0.5) is 13.2 Å². The Morgan fingerprint density at radius 2 is 2.00 bits per heavy atom. The van der Waals surface area contributed by atoms with Gasteiger partial charge in [0.2, 0.25) is 0 Å². The quantitative estimate of drug-likeness (QED) is 0.935. The molecule has 0 aromatic carbocycles. The molecule has 2 N–H and O–H groups in total. The highest BCUT2D eigenvalue weighted by molar-refractivity contribution is 5.85. The molecule has 2 aromatic rings. The highest BCUT2D eigenvalue weighted by Crippen LogP contribution is 2.30. The van der Waals surface area contributed by atoms with Crippen molar-refractivity contribution in [2.45, 2.75) is 19.3 Å². The Morgan fingerprint density at radius 1 is 1.32 bits per heavy atom. The smallest absolute Gasteiger partial charge is 0.326 e. The molecule has 0 saturated heterocycles. The second-order valence-corrected chi connectivity index (χ2v) is 3.92. The molecule has 0 bridgehead atoms. The van der Waals surface area contributed by atoms with Gasteiger partial charge in [0.25, 0.3) is 0 Å². The number of hydrogen-bond donors (Lipinski definition) is 1. The van der Waals surface area contributed by atoms with E-state index in [0.29, 0.717) is 6.54 Å². The van der Waals surface area contributed by atoms with Crippen molar-refractivity contribution >= 4 is 12.4 Å². The molecule has 2 aromatic heterocycles. The average molecular weight is 296 g/mol. The van der Waals surface area contributed by atoms with Crippen LogP contribution < -0.4 is 5.73 Å². The first-order chi connectivity index (χ1) is 8.40. The molecule has 2 heterocycles. The first kappa shape index (κ1) is 15.5. The van der Waals surface area contributed by atoms with Gasteiger partial charge in [0.1, 0.15) is 0 Å². The summed E-state index contributed by atoms with van der Waals surface area (Å²) in [5.74, 6) is 0. The molecule has 0 amide bonds. The van der Waals surface area contributed by atoms with Crippen molar-refractivity contribution in [1.29, 1.82) is 0 Å². The molecule has 0 spiro atoms. The lowest BCUT2D eigenvalue weighted by Gasteiger charge is -2.05. The SMILES string of the molecule is Cl.Cn1cc(Cn2cc(CN)cn2)c(C(F)(F)F)n1. The maximum atomic E-state index is 12.7. The largest absolute Gasteiger partial charge is 0.435 e. The van der Waals surface area contributed by atoms with Gasteiger partial charge in [0, 0.05) is 37.1 Å². The Bertz CT molecular complexity index is 546. The normalized spacial score (nSPS) is 11.4. The van der Waals surface area contributed by atoms with Gasteiger partial charge in [-0.05, 0) is 0 Å². The first-order valence-electron chi connectivity index (χ1n) is 5.21. The van der Waals surface area contributed by atoms with Crippen molar-refractivity contribution in [1.82, 2.24) is 19.6 Å². The Kier molecular flexibility index (Phi) is 4.59. The Labute approximate surface area is 113 Å². The number of alkyl halides is 3. The molecule has 19 heavy (non-hydrogen) atoms. The third-order valence-electron chi connectivity index (χ3n) is 2.43. The Hall–Kier alpha value is -1.54. The van der Waals surface area contributed by atoms with Gasteiger partial charge < -0.3 is 5.73 Å². The maximum absolute atomic E-state index is 12.7. The predicted octanol–water partition coefficient (Wildman–Crippen LogP) is 1.56. The summed E-state index contributed by atoms with van der Waals surface area (Å²) in [6.07, 6.45) is 0.0316. The molecule has 0 atom stereocenters. The summed E-state index contributed by atoms with van der Waals surface area (Å²) in [6.45, 7) is 0.321. The molecule has 5 nitrogen and oxygen atoms in total. The van der Waals surface area contributed by atoms with Crippen LogP contribution in [0.15, 0.2) is 18.6 Å². The minimum Gasteiger partial charge on any atom is -0.326 e. The summed E-state index contributed by atoms with van der Waals surface area (Å²) < 4.78 is 40.7. The molecule has 0 radical (unpaired) electrons. The molecule has 0 saturated carbocycles. The minimum absolute atomic E-state index is 0. The van der Waals surface area contributed by atoms with Crippen LogP contribution >= 0.6 is 12.4 Å². The summed E-state index contributed by atoms with van der Waals surface area (Å²) >= 11 is 0. The molecule has 0 aliphatic heterocycles. The van der Waals surface area contributed by atoms with Crippen LogP contribution in [0, 0.1) is 0 Å². The third kappa shape index (κ3) is 3.48. The van der Waals surface area contributed by atoms with Crippen LogP contribution in [-0.4, -0.2) is 19.6 Å². The van der Waals surface area contributed by atoms with Gasteiger partial charge in [-0.3, -0.25) is 9.36 Å². The van der Waals surface area contributed by atoms with Crippen molar-refractivity contribution in [3.8, 4) is 0 Å². The van der Waals surface area contributed by atoms with Crippen LogP contribution in [-0.2, 0) is 26.3 Å². The topological polar surface area (TPSA) is 61.7 Å². The van der Waals surface area contributed by atoms with Gasteiger partial charge in [0.15, 0.2) is 5.69 Å². The first-order valence-corrected chi connectivity index (χ1v) is 5.21.